The van der Waals surface area contributed by atoms with E-state index in [1.54, 1.807) is 6.07 Å². The van der Waals surface area contributed by atoms with Crippen LogP contribution < -0.4 is 10.5 Å². The Morgan fingerprint density at radius 1 is 1.44 bits per heavy atom. The average Bonchev–Trinajstić information content (AvgIpc) is 2.16. The lowest BCUT2D eigenvalue weighted by atomic mass is 10.2. The molecule has 6 heteroatoms. The van der Waals surface area contributed by atoms with Gasteiger partial charge in [-0.2, -0.15) is 0 Å². The molecular formula is C10H14FNO3S. The number of hydrogen-bond acceptors (Lipinski definition) is 4. The first kappa shape index (κ1) is 12.9. The highest BCUT2D eigenvalue weighted by atomic mass is 32.2. The van der Waals surface area contributed by atoms with E-state index in [9.17, 15) is 12.8 Å². The van der Waals surface area contributed by atoms with Crippen LogP contribution in [0, 0.1) is 5.82 Å². The molecule has 0 saturated heterocycles. The summed E-state index contributed by atoms with van der Waals surface area (Å²) in [7, 11) is -3.07. The maximum absolute atomic E-state index is 13.2. The normalized spacial score (nSPS) is 11.4. The third kappa shape index (κ3) is 3.79. The van der Waals surface area contributed by atoms with E-state index in [4.69, 9.17) is 10.5 Å². The van der Waals surface area contributed by atoms with Crippen LogP contribution >= 0.6 is 0 Å². The lowest BCUT2D eigenvalue weighted by Gasteiger charge is -2.10. The molecule has 0 aromatic heterocycles. The number of rotatable bonds is 5. The maximum Gasteiger partial charge on any atom is 0.150 e. The summed E-state index contributed by atoms with van der Waals surface area (Å²) in [5.41, 5.74) is 5.63. The molecule has 0 aliphatic heterocycles. The van der Waals surface area contributed by atoms with Gasteiger partial charge in [0.2, 0.25) is 0 Å². The molecule has 1 rings (SSSR count). The molecule has 0 aliphatic carbocycles. The third-order valence-corrected chi connectivity index (χ3v) is 2.90. The van der Waals surface area contributed by atoms with E-state index in [0.717, 1.165) is 6.26 Å². The van der Waals surface area contributed by atoms with Crippen molar-refractivity contribution in [2.75, 3.05) is 18.6 Å². The van der Waals surface area contributed by atoms with E-state index < -0.39 is 15.7 Å². The van der Waals surface area contributed by atoms with Crippen molar-refractivity contribution in [3.8, 4) is 5.75 Å². The number of ether oxygens (including phenoxy) is 1. The fourth-order valence-corrected chi connectivity index (χ4v) is 1.56. The van der Waals surface area contributed by atoms with E-state index in [1.807, 2.05) is 0 Å². The van der Waals surface area contributed by atoms with Gasteiger partial charge in [-0.1, -0.05) is 6.07 Å². The second-order valence-electron chi connectivity index (χ2n) is 3.40. The minimum Gasteiger partial charge on any atom is -0.492 e. The quantitative estimate of drug-likeness (QED) is 0.832. The second-order valence-corrected chi connectivity index (χ2v) is 5.66. The Hall–Kier alpha value is -1.14. The van der Waals surface area contributed by atoms with E-state index in [1.165, 1.54) is 12.1 Å². The number of sulfone groups is 1. The van der Waals surface area contributed by atoms with Gasteiger partial charge in [-0.15, -0.1) is 0 Å². The molecule has 0 heterocycles. The minimum absolute atomic E-state index is 0.00468. The SMILES string of the molecule is CS(=O)(=O)CCOc1cccc(F)c1CN. The van der Waals surface area contributed by atoms with Crippen LogP contribution in [0.15, 0.2) is 18.2 Å². The zero-order valence-electron chi connectivity index (χ0n) is 8.94. The monoisotopic (exact) mass is 247 g/mol. The van der Waals surface area contributed by atoms with Crippen molar-refractivity contribution in [2.45, 2.75) is 6.54 Å². The van der Waals surface area contributed by atoms with E-state index >= 15 is 0 Å². The summed E-state index contributed by atoms with van der Waals surface area (Å²) in [5, 5.41) is 0. The van der Waals surface area contributed by atoms with Crippen LogP contribution in [0.2, 0.25) is 0 Å². The summed E-state index contributed by atoms with van der Waals surface area (Å²) in [6, 6.07) is 4.34. The van der Waals surface area contributed by atoms with E-state index in [-0.39, 0.29) is 24.5 Å². The van der Waals surface area contributed by atoms with Gasteiger partial charge in [-0.05, 0) is 12.1 Å². The van der Waals surface area contributed by atoms with Gasteiger partial charge in [0, 0.05) is 18.4 Å². The van der Waals surface area contributed by atoms with Crippen molar-refractivity contribution in [3.63, 3.8) is 0 Å². The molecule has 16 heavy (non-hydrogen) atoms. The van der Waals surface area contributed by atoms with Gasteiger partial charge in [0.05, 0.1) is 5.75 Å². The summed E-state index contributed by atoms with van der Waals surface area (Å²) in [4.78, 5) is 0. The van der Waals surface area contributed by atoms with Gasteiger partial charge in [-0.25, -0.2) is 12.8 Å². The standard InChI is InChI=1S/C10H14FNO3S/c1-16(13,14)6-5-15-10-4-2-3-9(11)8(10)7-12/h2-4H,5-7,12H2,1H3. The van der Waals surface area contributed by atoms with Crippen molar-refractivity contribution in [2.24, 2.45) is 5.73 Å². The van der Waals surface area contributed by atoms with Gasteiger partial charge in [-0.3, -0.25) is 0 Å². The van der Waals surface area contributed by atoms with Crippen molar-refractivity contribution >= 4 is 9.84 Å². The van der Waals surface area contributed by atoms with Gasteiger partial charge in [0.25, 0.3) is 0 Å². The minimum atomic E-state index is -3.07. The number of benzene rings is 1. The summed E-state index contributed by atoms with van der Waals surface area (Å²) < 4.78 is 40.1. The smallest absolute Gasteiger partial charge is 0.150 e. The first-order chi connectivity index (χ1) is 7.44. The number of halogens is 1. The molecule has 0 fully saturated rings. The van der Waals surface area contributed by atoms with Crippen molar-refractivity contribution in [1.29, 1.82) is 0 Å². The highest BCUT2D eigenvalue weighted by molar-refractivity contribution is 7.90. The van der Waals surface area contributed by atoms with Gasteiger partial charge >= 0.3 is 0 Å². The Bertz CT molecular complexity index is 459. The zero-order chi connectivity index (χ0) is 12.2. The summed E-state index contributed by atoms with van der Waals surface area (Å²) in [6.45, 7) is 0.0101. The highest BCUT2D eigenvalue weighted by Gasteiger charge is 2.09. The Kier molecular flexibility index (Phi) is 4.26. The second kappa shape index (κ2) is 5.27. The van der Waals surface area contributed by atoms with Gasteiger partial charge in [0.15, 0.2) is 9.84 Å². The molecule has 0 spiro atoms. The number of nitrogens with two attached hydrogens (primary N) is 1. The van der Waals surface area contributed by atoms with Crippen LogP contribution in [0.25, 0.3) is 0 Å². The predicted octanol–water partition coefficient (Wildman–Crippen LogP) is 0.708. The summed E-state index contributed by atoms with van der Waals surface area (Å²) >= 11 is 0. The molecule has 0 radical (unpaired) electrons. The molecule has 0 unspecified atom stereocenters. The average molecular weight is 247 g/mol. The Balaban J connectivity index is 2.71. The van der Waals surface area contributed by atoms with Crippen LogP contribution in [0.3, 0.4) is 0 Å². The zero-order valence-corrected chi connectivity index (χ0v) is 9.76. The molecule has 0 atom stereocenters. The van der Waals surface area contributed by atoms with Crippen LogP contribution in [0.5, 0.6) is 5.75 Å². The lowest BCUT2D eigenvalue weighted by Crippen LogP contribution is -2.13. The molecular weight excluding hydrogens is 233 g/mol. The highest BCUT2D eigenvalue weighted by Crippen LogP contribution is 2.20. The van der Waals surface area contributed by atoms with Crippen molar-refractivity contribution in [3.05, 3.63) is 29.6 Å². The third-order valence-electron chi connectivity index (χ3n) is 1.99. The topological polar surface area (TPSA) is 69.4 Å². The predicted molar refractivity (Wildman–Crippen MR) is 59.5 cm³/mol. The molecule has 4 nitrogen and oxygen atoms in total. The Morgan fingerprint density at radius 2 is 2.12 bits per heavy atom. The summed E-state index contributed by atoms with van der Waals surface area (Å²) in [6.07, 6.45) is 1.12. The molecule has 1 aromatic rings. The van der Waals surface area contributed by atoms with Crippen molar-refractivity contribution in [1.82, 2.24) is 0 Å². The van der Waals surface area contributed by atoms with Crippen LogP contribution in [0.4, 0.5) is 4.39 Å². The van der Waals surface area contributed by atoms with Gasteiger partial charge in [0.1, 0.15) is 18.2 Å². The molecule has 0 aliphatic rings. The van der Waals surface area contributed by atoms with Gasteiger partial charge < -0.3 is 10.5 Å². The summed E-state index contributed by atoms with van der Waals surface area (Å²) in [5.74, 6) is -0.251. The van der Waals surface area contributed by atoms with Crippen LogP contribution in [-0.4, -0.2) is 27.0 Å². The Morgan fingerprint density at radius 3 is 2.69 bits per heavy atom. The fourth-order valence-electron chi connectivity index (χ4n) is 1.18. The van der Waals surface area contributed by atoms with Crippen LogP contribution in [0.1, 0.15) is 5.56 Å². The molecule has 90 valence electrons. The lowest BCUT2D eigenvalue weighted by molar-refractivity contribution is 0.334. The maximum atomic E-state index is 13.2. The molecule has 0 bridgehead atoms. The molecule has 0 amide bonds. The first-order valence-electron chi connectivity index (χ1n) is 4.72. The van der Waals surface area contributed by atoms with Crippen molar-refractivity contribution < 1.29 is 17.5 Å². The molecule has 0 saturated carbocycles. The van der Waals surface area contributed by atoms with Crippen LogP contribution in [-0.2, 0) is 16.4 Å². The molecule has 2 N–H and O–H groups in total. The number of hydrogen-bond donors (Lipinski definition) is 1. The largest absolute Gasteiger partial charge is 0.492 e. The Labute approximate surface area is 94.1 Å². The first-order valence-corrected chi connectivity index (χ1v) is 6.78. The van der Waals surface area contributed by atoms with E-state index in [0.29, 0.717) is 5.75 Å². The fraction of sp³-hybridized carbons (Fsp3) is 0.400. The van der Waals surface area contributed by atoms with E-state index in [2.05, 4.69) is 0 Å². The molecule has 1 aromatic carbocycles.